The standard InChI is InChI=1S/C13H19BrN2O2S/c1-10-12(14)6-3-7-13(10)19(17,18)16-8-4-5-11(9-16)15-2/h3,6-7,11,15H,4-5,8-9H2,1-2H3. The molecular formula is C13H19BrN2O2S. The first-order chi connectivity index (χ1) is 8.96. The molecule has 0 spiro atoms. The summed E-state index contributed by atoms with van der Waals surface area (Å²) in [6.07, 6.45) is 1.93. The van der Waals surface area contributed by atoms with Gasteiger partial charge in [0.05, 0.1) is 4.90 Å². The minimum absolute atomic E-state index is 0.246. The number of sulfonamides is 1. The summed E-state index contributed by atoms with van der Waals surface area (Å²) >= 11 is 3.39. The second-order valence-electron chi connectivity index (χ2n) is 4.85. The van der Waals surface area contributed by atoms with Crippen molar-refractivity contribution in [1.82, 2.24) is 9.62 Å². The van der Waals surface area contributed by atoms with E-state index in [1.54, 1.807) is 16.4 Å². The number of hydrogen-bond donors (Lipinski definition) is 1. The Kier molecular flexibility index (Phi) is 4.66. The minimum Gasteiger partial charge on any atom is -0.316 e. The van der Waals surface area contributed by atoms with Crippen LogP contribution in [0.15, 0.2) is 27.6 Å². The van der Waals surface area contributed by atoms with Crippen molar-refractivity contribution in [3.8, 4) is 0 Å². The van der Waals surface area contributed by atoms with E-state index in [1.807, 2.05) is 20.0 Å². The molecule has 0 amide bonds. The summed E-state index contributed by atoms with van der Waals surface area (Å²) in [4.78, 5) is 0.402. The van der Waals surface area contributed by atoms with Gasteiger partial charge in [-0.2, -0.15) is 4.31 Å². The van der Waals surface area contributed by atoms with Gasteiger partial charge >= 0.3 is 0 Å². The fraction of sp³-hybridized carbons (Fsp3) is 0.538. The molecule has 1 aromatic carbocycles. The summed E-state index contributed by atoms with van der Waals surface area (Å²) in [6, 6.07) is 5.55. The van der Waals surface area contributed by atoms with E-state index in [9.17, 15) is 8.42 Å². The van der Waals surface area contributed by atoms with E-state index < -0.39 is 10.0 Å². The van der Waals surface area contributed by atoms with E-state index in [0.717, 1.165) is 22.9 Å². The Balaban J connectivity index is 2.34. The van der Waals surface area contributed by atoms with Crippen LogP contribution in [0, 0.1) is 6.92 Å². The first kappa shape index (κ1) is 15.0. The van der Waals surface area contributed by atoms with Gasteiger partial charge in [0, 0.05) is 23.6 Å². The third-order valence-corrected chi connectivity index (χ3v) is 6.50. The topological polar surface area (TPSA) is 49.4 Å². The molecule has 0 aromatic heterocycles. The Morgan fingerprint density at radius 2 is 2.16 bits per heavy atom. The normalized spacial score (nSPS) is 21.5. The zero-order valence-corrected chi connectivity index (χ0v) is 13.6. The molecule has 1 aliphatic rings. The fourth-order valence-corrected chi connectivity index (χ4v) is 4.67. The highest BCUT2D eigenvalue weighted by Gasteiger charge is 2.30. The van der Waals surface area contributed by atoms with Crippen LogP contribution in [-0.4, -0.2) is 38.9 Å². The molecule has 0 aliphatic carbocycles. The maximum atomic E-state index is 12.7. The van der Waals surface area contributed by atoms with Crippen LogP contribution in [0.5, 0.6) is 0 Å². The number of rotatable bonds is 3. The van der Waals surface area contributed by atoms with E-state index in [1.165, 1.54) is 0 Å². The molecule has 0 bridgehead atoms. The van der Waals surface area contributed by atoms with Crippen LogP contribution in [0.4, 0.5) is 0 Å². The lowest BCUT2D eigenvalue weighted by Crippen LogP contribution is -2.46. The minimum atomic E-state index is -3.39. The molecule has 19 heavy (non-hydrogen) atoms. The molecule has 2 rings (SSSR count). The van der Waals surface area contributed by atoms with Crippen molar-refractivity contribution in [3.63, 3.8) is 0 Å². The highest BCUT2D eigenvalue weighted by molar-refractivity contribution is 9.10. The number of piperidine rings is 1. The van der Waals surface area contributed by atoms with Crippen molar-refractivity contribution in [3.05, 3.63) is 28.2 Å². The number of hydrogen-bond acceptors (Lipinski definition) is 3. The van der Waals surface area contributed by atoms with Crippen LogP contribution in [-0.2, 0) is 10.0 Å². The van der Waals surface area contributed by atoms with Crippen molar-refractivity contribution in [2.45, 2.75) is 30.7 Å². The molecule has 4 nitrogen and oxygen atoms in total. The maximum absolute atomic E-state index is 12.7. The average Bonchev–Trinajstić information content (AvgIpc) is 2.41. The monoisotopic (exact) mass is 346 g/mol. The lowest BCUT2D eigenvalue weighted by Gasteiger charge is -2.32. The Labute approximate surface area is 123 Å². The molecule has 1 fully saturated rings. The van der Waals surface area contributed by atoms with Gasteiger partial charge in [0.25, 0.3) is 0 Å². The molecule has 1 heterocycles. The Morgan fingerprint density at radius 1 is 1.42 bits per heavy atom. The quantitative estimate of drug-likeness (QED) is 0.911. The summed E-state index contributed by atoms with van der Waals surface area (Å²) in [6.45, 7) is 2.98. The van der Waals surface area contributed by atoms with Gasteiger partial charge in [-0.15, -0.1) is 0 Å². The third-order valence-electron chi connectivity index (χ3n) is 3.63. The van der Waals surface area contributed by atoms with Gasteiger partial charge in [-0.25, -0.2) is 8.42 Å². The maximum Gasteiger partial charge on any atom is 0.243 e. The number of nitrogens with one attached hydrogen (secondary N) is 1. The van der Waals surface area contributed by atoms with Crippen LogP contribution < -0.4 is 5.32 Å². The summed E-state index contributed by atoms with van der Waals surface area (Å²) in [5.41, 5.74) is 0.772. The van der Waals surface area contributed by atoms with Crippen LogP contribution in [0.25, 0.3) is 0 Å². The molecule has 1 atom stereocenters. The summed E-state index contributed by atoms with van der Waals surface area (Å²) in [7, 11) is -1.51. The lowest BCUT2D eigenvalue weighted by molar-refractivity contribution is 0.292. The summed E-state index contributed by atoms with van der Waals surface area (Å²) in [5.74, 6) is 0. The van der Waals surface area contributed by atoms with Crippen molar-refractivity contribution in [1.29, 1.82) is 0 Å². The largest absolute Gasteiger partial charge is 0.316 e. The van der Waals surface area contributed by atoms with Gasteiger partial charge in [0.15, 0.2) is 0 Å². The van der Waals surface area contributed by atoms with Gasteiger partial charge in [0.2, 0.25) is 10.0 Å². The molecular weight excluding hydrogens is 328 g/mol. The van der Waals surface area contributed by atoms with E-state index in [2.05, 4.69) is 21.2 Å². The van der Waals surface area contributed by atoms with Crippen molar-refractivity contribution >= 4 is 26.0 Å². The molecule has 106 valence electrons. The number of nitrogens with zero attached hydrogens (tertiary/aromatic N) is 1. The van der Waals surface area contributed by atoms with Crippen LogP contribution in [0.3, 0.4) is 0 Å². The Morgan fingerprint density at radius 3 is 2.84 bits per heavy atom. The third kappa shape index (κ3) is 3.02. The highest BCUT2D eigenvalue weighted by Crippen LogP contribution is 2.27. The predicted octanol–water partition coefficient (Wildman–Crippen LogP) is 2.13. The first-order valence-corrected chi connectivity index (χ1v) is 8.62. The molecule has 0 saturated carbocycles. The first-order valence-electron chi connectivity index (χ1n) is 6.39. The fourth-order valence-electron chi connectivity index (χ4n) is 2.40. The SMILES string of the molecule is CNC1CCCN(S(=O)(=O)c2cccc(Br)c2C)C1. The number of halogens is 1. The van der Waals surface area contributed by atoms with Crippen LogP contribution in [0.1, 0.15) is 18.4 Å². The Bertz CT molecular complexity index is 560. The molecule has 1 aromatic rings. The van der Waals surface area contributed by atoms with E-state index in [4.69, 9.17) is 0 Å². The van der Waals surface area contributed by atoms with Crippen LogP contribution >= 0.6 is 15.9 Å². The zero-order valence-electron chi connectivity index (χ0n) is 11.2. The van der Waals surface area contributed by atoms with Crippen molar-refractivity contribution in [2.75, 3.05) is 20.1 Å². The van der Waals surface area contributed by atoms with Gasteiger partial charge in [-0.3, -0.25) is 0 Å². The zero-order chi connectivity index (χ0) is 14.0. The van der Waals surface area contributed by atoms with E-state index in [0.29, 0.717) is 18.0 Å². The highest BCUT2D eigenvalue weighted by atomic mass is 79.9. The lowest BCUT2D eigenvalue weighted by atomic mass is 10.1. The molecule has 1 saturated heterocycles. The van der Waals surface area contributed by atoms with Crippen molar-refractivity contribution in [2.24, 2.45) is 0 Å². The summed E-state index contributed by atoms with van der Waals surface area (Å²) in [5, 5.41) is 3.17. The van der Waals surface area contributed by atoms with Gasteiger partial charge in [0.1, 0.15) is 0 Å². The van der Waals surface area contributed by atoms with Gasteiger partial charge in [-0.1, -0.05) is 22.0 Å². The predicted molar refractivity (Wildman–Crippen MR) is 79.7 cm³/mol. The van der Waals surface area contributed by atoms with Crippen LogP contribution in [0.2, 0.25) is 0 Å². The average molecular weight is 347 g/mol. The smallest absolute Gasteiger partial charge is 0.243 e. The molecule has 0 radical (unpaired) electrons. The molecule has 1 unspecified atom stereocenters. The Hall–Kier alpha value is -0.430. The number of benzene rings is 1. The van der Waals surface area contributed by atoms with Crippen molar-refractivity contribution < 1.29 is 8.42 Å². The second kappa shape index (κ2) is 5.91. The number of likely N-dealkylation sites (N-methyl/N-ethyl adjacent to an activating group) is 1. The molecule has 6 heteroatoms. The van der Waals surface area contributed by atoms with E-state index in [-0.39, 0.29) is 6.04 Å². The van der Waals surface area contributed by atoms with Gasteiger partial charge < -0.3 is 5.32 Å². The second-order valence-corrected chi connectivity index (χ2v) is 7.61. The van der Waals surface area contributed by atoms with Gasteiger partial charge in [-0.05, 0) is 44.5 Å². The summed E-state index contributed by atoms with van der Waals surface area (Å²) < 4.78 is 27.8. The molecule has 1 N–H and O–H groups in total. The molecule has 1 aliphatic heterocycles. The van der Waals surface area contributed by atoms with E-state index >= 15 is 0 Å².